The molecule has 2 N–H and O–H groups in total. The number of aromatic nitrogens is 2. The Kier molecular flexibility index (Phi) is 6.24. The van der Waals surface area contributed by atoms with Gasteiger partial charge in [-0.3, -0.25) is 4.90 Å². The topological polar surface area (TPSA) is 73.4 Å². The molecule has 1 aliphatic heterocycles. The van der Waals surface area contributed by atoms with Crippen LogP contribution in [0.4, 0.5) is 16.4 Å². The highest BCUT2D eigenvalue weighted by Gasteiger charge is 2.18. The lowest BCUT2D eigenvalue weighted by Gasteiger charge is -2.34. The summed E-state index contributed by atoms with van der Waals surface area (Å²) in [6.45, 7) is 11.2. The molecule has 0 saturated carbocycles. The van der Waals surface area contributed by atoms with Crippen molar-refractivity contribution in [2.75, 3.05) is 49.5 Å². The van der Waals surface area contributed by atoms with Gasteiger partial charge in [0.25, 0.3) is 0 Å². The Morgan fingerprint density at radius 3 is 2.30 bits per heavy atom. The number of hydrogen-bond acceptors (Lipinski definition) is 5. The van der Waals surface area contributed by atoms with E-state index in [1.165, 1.54) is 5.56 Å². The van der Waals surface area contributed by atoms with E-state index in [0.717, 1.165) is 55.5 Å². The maximum Gasteiger partial charge on any atom is 0.319 e. The third kappa shape index (κ3) is 5.17. The number of hydrogen-bond donors (Lipinski definition) is 2. The maximum absolute atomic E-state index is 12.2. The van der Waals surface area contributed by atoms with Gasteiger partial charge in [-0.05, 0) is 38.0 Å². The molecule has 144 valence electrons. The van der Waals surface area contributed by atoms with Gasteiger partial charge in [-0.1, -0.05) is 17.7 Å². The van der Waals surface area contributed by atoms with Crippen LogP contribution in [0.25, 0.3) is 0 Å². The smallest absolute Gasteiger partial charge is 0.319 e. The second-order valence-electron chi connectivity index (χ2n) is 7.03. The molecule has 0 aliphatic carbocycles. The number of piperazine rings is 1. The molecule has 2 aromatic rings. The van der Waals surface area contributed by atoms with Crippen LogP contribution in [0.2, 0.25) is 0 Å². The zero-order valence-electron chi connectivity index (χ0n) is 16.3. The average Bonchev–Trinajstić information content (AvgIpc) is 2.66. The van der Waals surface area contributed by atoms with Crippen LogP contribution in [0.15, 0.2) is 30.6 Å². The molecule has 1 aliphatic rings. The van der Waals surface area contributed by atoms with Crippen LogP contribution < -0.4 is 15.5 Å². The molecule has 0 bridgehead atoms. The number of urea groups is 1. The zero-order chi connectivity index (χ0) is 19.2. The molecular weight excluding hydrogens is 340 g/mol. The highest BCUT2D eigenvalue weighted by molar-refractivity contribution is 5.91. The highest BCUT2D eigenvalue weighted by atomic mass is 16.2. The van der Waals surface area contributed by atoms with E-state index in [-0.39, 0.29) is 6.03 Å². The van der Waals surface area contributed by atoms with Crippen LogP contribution in [0.1, 0.15) is 16.7 Å². The van der Waals surface area contributed by atoms with Crippen molar-refractivity contribution in [2.45, 2.75) is 20.8 Å². The summed E-state index contributed by atoms with van der Waals surface area (Å²) >= 11 is 0. The second-order valence-corrected chi connectivity index (χ2v) is 7.03. The number of amides is 2. The Hall–Kier alpha value is -2.67. The minimum Gasteiger partial charge on any atom is -0.338 e. The third-order valence-electron chi connectivity index (χ3n) is 4.84. The van der Waals surface area contributed by atoms with E-state index < -0.39 is 0 Å². The summed E-state index contributed by atoms with van der Waals surface area (Å²) in [5.41, 5.74) is 4.27. The fourth-order valence-corrected chi connectivity index (χ4v) is 3.49. The van der Waals surface area contributed by atoms with Gasteiger partial charge in [-0.2, -0.15) is 0 Å². The lowest BCUT2D eigenvalue weighted by atomic mass is 10.1. The Labute approximate surface area is 160 Å². The molecule has 0 unspecified atom stereocenters. The van der Waals surface area contributed by atoms with Crippen molar-refractivity contribution in [2.24, 2.45) is 0 Å². The van der Waals surface area contributed by atoms with E-state index in [1.807, 2.05) is 19.9 Å². The molecule has 7 heteroatoms. The summed E-state index contributed by atoms with van der Waals surface area (Å²) in [4.78, 5) is 25.4. The number of nitrogens with one attached hydrogen (secondary N) is 2. The lowest BCUT2D eigenvalue weighted by Crippen LogP contribution is -2.49. The molecule has 0 spiro atoms. The van der Waals surface area contributed by atoms with Crippen molar-refractivity contribution in [1.82, 2.24) is 20.2 Å². The van der Waals surface area contributed by atoms with Crippen molar-refractivity contribution in [3.63, 3.8) is 0 Å². The van der Waals surface area contributed by atoms with Crippen molar-refractivity contribution in [1.29, 1.82) is 0 Å². The summed E-state index contributed by atoms with van der Waals surface area (Å²) in [5, 5.41) is 5.94. The third-order valence-corrected chi connectivity index (χ3v) is 4.84. The Balaban J connectivity index is 1.40. The van der Waals surface area contributed by atoms with Crippen LogP contribution in [-0.2, 0) is 0 Å². The van der Waals surface area contributed by atoms with Crippen LogP contribution in [-0.4, -0.2) is 60.2 Å². The lowest BCUT2D eigenvalue weighted by molar-refractivity contribution is 0.240. The van der Waals surface area contributed by atoms with Gasteiger partial charge in [0.1, 0.15) is 0 Å². The predicted molar refractivity (Wildman–Crippen MR) is 108 cm³/mol. The van der Waals surface area contributed by atoms with Gasteiger partial charge in [-0.25, -0.2) is 14.8 Å². The van der Waals surface area contributed by atoms with E-state index >= 15 is 0 Å². The average molecular weight is 368 g/mol. The van der Waals surface area contributed by atoms with Crippen molar-refractivity contribution in [3.8, 4) is 0 Å². The number of carbonyl (C=O) groups is 1. The van der Waals surface area contributed by atoms with Gasteiger partial charge in [0.15, 0.2) is 0 Å². The fourth-order valence-electron chi connectivity index (χ4n) is 3.49. The standard InChI is InChI=1S/C20H28N6O/c1-15-13-16(2)18(17(3)14-15)24-20(27)23-7-8-25-9-11-26(12-10-25)19-21-5-4-6-22-19/h4-6,13-14H,7-12H2,1-3H3,(H2,23,24,27). The number of benzene rings is 1. The van der Waals surface area contributed by atoms with Crippen molar-refractivity contribution < 1.29 is 4.79 Å². The number of rotatable bonds is 5. The minimum atomic E-state index is -0.152. The van der Waals surface area contributed by atoms with Crippen molar-refractivity contribution in [3.05, 3.63) is 47.3 Å². The number of nitrogens with zero attached hydrogens (tertiary/aromatic N) is 4. The summed E-state index contributed by atoms with van der Waals surface area (Å²) < 4.78 is 0. The Morgan fingerprint density at radius 2 is 1.67 bits per heavy atom. The van der Waals surface area contributed by atoms with Gasteiger partial charge < -0.3 is 15.5 Å². The maximum atomic E-state index is 12.2. The summed E-state index contributed by atoms with van der Waals surface area (Å²) in [7, 11) is 0. The van der Waals surface area contributed by atoms with Gasteiger partial charge in [0.05, 0.1) is 0 Å². The number of aryl methyl sites for hydroxylation is 3. The van der Waals surface area contributed by atoms with E-state index in [1.54, 1.807) is 12.4 Å². The monoisotopic (exact) mass is 368 g/mol. The Bertz CT molecular complexity index is 748. The SMILES string of the molecule is Cc1cc(C)c(NC(=O)NCCN2CCN(c3ncccn3)CC2)c(C)c1. The van der Waals surface area contributed by atoms with Crippen LogP contribution in [0.5, 0.6) is 0 Å². The van der Waals surface area contributed by atoms with E-state index in [9.17, 15) is 4.79 Å². The normalized spacial score (nSPS) is 14.9. The molecule has 1 saturated heterocycles. The minimum absolute atomic E-state index is 0.152. The van der Waals surface area contributed by atoms with Crippen LogP contribution in [0, 0.1) is 20.8 Å². The van der Waals surface area contributed by atoms with Gasteiger partial charge in [0, 0.05) is 57.3 Å². The molecular formula is C20H28N6O. The zero-order valence-corrected chi connectivity index (χ0v) is 16.3. The molecule has 0 atom stereocenters. The van der Waals surface area contributed by atoms with Crippen molar-refractivity contribution >= 4 is 17.7 Å². The summed E-state index contributed by atoms with van der Waals surface area (Å²) in [5.74, 6) is 0.790. The van der Waals surface area contributed by atoms with Crippen LogP contribution in [0.3, 0.4) is 0 Å². The molecule has 27 heavy (non-hydrogen) atoms. The Morgan fingerprint density at radius 1 is 1.04 bits per heavy atom. The van der Waals surface area contributed by atoms with Gasteiger partial charge in [0.2, 0.25) is 5.95 Å². The molecule has 0 radical (unpaired) electrons. The van der Waals surface area contributed by atoms with E-state index in [0.29, 0.717) is 6.54 Å². The van der Waals surface area contributed by atoms with Gasteiger partial charge in [-0.15, -0.1) is 0 Å². The largest absolute Gasteiger partial charge is 0.338 e. The quantitative estimate of drug-likeness (QED) is 0.847. The number of carbonyl (C=O) groups excluding carboxylic acids is 1. The van der Waals surface area contributed by atoms with E-state index in [2.05, 4.69) is 49.5 Å². The predicted octanol–water partition coefficient (Wildman–Crippen LogP) is 2.35. The summed E-state index contributed by atoms with van der Waals surface area (Å²) in [6.07, 6.45) is 3.55. The number of anilines is 2. The second kappa shape index (κ2) is 8.81. The highest BCUT2D eigenvalue weighted by Crippen LogP contribution is 2.21. The molecule has 1 aromatic heterocycles. The molecule has 2 amide bonds. The molecule has 3 rings (SSSR count). The molecule has 1 fully saturated rings. The molecule has 1 aromatic carbocycles. The molecule has 7 nitrogen and oxygen atoms in total. The molecule has 2 heterocycles. The van der Waals surface area contributed by atoms with Crippen LogP contribution >= 0.6 is 0 Å². The summed E-state index contributed by atoms with van der Waals surface area (Å²) in [6, 6.07) is 5.84. The van der Waals surface area contributed by atoms with E-state index in [4.69, 9.17) is 0 Å². The first-order chi connectivity index (χ1) is 13.0. The first-order valence-electron chi connectivity index (χ1n) is 9.40. The first kappa shape index (κ1) is 19.1. The van der Waals surface area contributed by atoms with Gasteiger partial charge >= 0.3 is 6.03 Å². The first-order valence-corrected chi connectivity index (χ1v) is 9.40. The fraction of sp³-hybridized carbons (Fsp3) is 0.450.